The summed E-state index contributed by atoms with van der Waals surface area (Å²) in [5.41, 5.74) is -5.48. The monoisotopic (exact) mass is 1130 g/mol. The second-order valence-electron chi connectivity index (χ2n) is 18.5. The zero-order chi connectivity index (χ0) is 55.4. The molecule has 0 radical (unpaired) electrons. The number of pyridine rings is 1. The fourth-order valence-corrected chi connectivity index (χ4v) is 10.0. The minimum absolute atomic E-state index is 0.00651. The Balaban J connectivity index is 1.45. The topological polar surface area (TPSA) is 175 Å². The molecule has 2 amide bonds. The van der Waals surface area contributed by atoms with E-state index >= 15 is 8.78 Å². The largest absolute Gasteiger partial charge is 0.447 e. The Bertz CT molecular complexity index is 3330. The summed E-state index contributed by atoms with van der Waals surface area (Å²) in [6.07, 6.45) is -11.8. The van der Waals surface area contributed by atoms with Crippen LogP contribution >= 0.6 is 11.6 Å². The number of alkyl halides is 8. The molecule has 406 valence electrons. The van der Waals surface area contributed by atoms with Gasteiger partial charge in [-0.2, -0.15) is 44.5 Å². The summed E-state index contributed by atoms with van der Waals surface area (Å²) >= 11 is 6.68. The number of nitrogens with zero attached hydrogens (tertiary/aromatic N) is 6. The third-order valence-corrected chi connectivity index (χ3v) is 15.6. The number of nitrogens with one attached hydrogen (secondary N) is 1. The lowest BCUT2D eigenvalue weighted by Crippen LogP contribution is -2.41. The Morgan fingerprint density at radius 1 is 0.987 bits per heavy atom. The highest BCUT2D eigenvalue weighted by Gasteiger charge is 2.52. The molecule has 7 rings (SSSR count). The van der Waals surface area contributed by atoms with Crippen molar-refractivity contribution in [1.29, 1.82) is 0 Å². The summed E-state index contributed by atoms with van der Waals surface area (Å²) in [5.74, 6) is -4.52. The Hall–Kier alpha value is -5.95. The number of aromatic nitrogens is 4. The van der Waals surface area contributed by atoms with E-state index in [0.29, 0.717) is 49.4 Å². The normalized spacial score (nSPS) is 16.8. The maximum absolute atomic E-state index is 15.5. The minimum atomic E-state index is -5.14. The summed E-state index contributed by atoms with van der Waals surface area (Å²) in [7, 11) is -8.73. The number of morpholine rings is 1. The van der Waals surface area contributed by atoms with Crippen LogP contribution in [0.15, 0.2) is 48.7 Å². The fourth-order valence-electron chi connectivity index (χ4n) is 8.76. The lowest BCUT2D eigenvalue weighted by atomic mass is 9.93. The standard InChI is InChI=1S/C47H46ClF10N7O8S2/c1-26-22-45(51,52)41-37(26)33(47(56,57)58)23-63(41)24-36(66)60-35(20-27-18-28(49)21-29(50)19-27)39-31(7-6-30(59-39)10-11-44(2,3)74(4,68)69)32-8-9-34(48)38-40(32)64(25-46(53,54)55)61-42(38)65(75(5,70)71)43(67)73-17-14-62-12-15-72-16-13-62/h6-9,18-19,21,23,26,35H,12-17,20,22,24-25H2,1-5H3,(H,60,66)/t26-,35-/m0/s1. The third-order valence-electron chi connectivity index (χ3n) is 12.4. The summed E-state index contributed by atoms with van der Waals surface area (Å²) < 4.78 is 209. The first-order chi connectivity index (χ1) is 34.6. The van der Waals surface area contributed by atoms with Crippen LogP contribution in [0.25, 0.3) is 22.0 Å². The molecule has 1 N–H and O–H groups in total. The van der Waals surface area contributed by atoms with Gasteiger partial charge in [-0.1, -0.05) is 30.5 Å². The second-order valence-corrected chi connectivity index (χ2v) is 23.3. The molecule has 1 aliphatic carbocycles. The Morgan fingerprint density at radius 2 is 1.63 bits per heavy atom. The van der Waals surface area contributed by atoms with E-state index in [9.17, 15) is 61.5 Å². The van der Waals surface area contributed by atoms with E-state index < -0.39 is 155 Å². The molecule has 0 bridgehead atoms. The number of rotatable bonds is 14. The number of fused-ring (bicyclic) bond motifs is 2. The number of sulfonamides is 1. The molecule has 0 spiro atoms. The molecule has 1 fully saturated rings. The first-order valence-electron chi connectivity index (χ1n) is 22.5. The number of amides is 2. The van der Waals surface area contributed by atoms with E-state index in [-0.39, 0.29) is 37.9 Å². The van der Waals surface area contributed by atoms with Crippen LogP contribution in [0, 0.1) is 23.5 Å². The van der Waals surface area contributed by atoms with Gasteiger partial charge >= 0.3 is 18.4 Å². The average Bonchev–Trinajstić information content (AvgIpc) is 3.91. The van der Waals surface area contributed by atoms with Gasteiger partial charge in [-0.05, 0) is 73.6 Å². The number of ether oxygens (including phenoxy) is 2. The van der Waals surface area contributed by atoms with Crippen LogP contribution in [0.4, 0.5) is 54.5 Å². The maximum Gasteiger partial charge on any atom is 0.429 e. The van der Waals surface area contributed by atoms with Crippen molar-refractivity contribution >= 4 is 60.2 Å². The number of carbonyl (C=O) groups is 2. The first kappa shape index (κ1) is 56.8. The molecule has 4 heterocycles. The quantitative estimate of drug-likeness (QED) is 0.0834. The smallest absolute Gasteiger partial charge is 0.429 e. The van der Waals surface area contributed by atoms with Crippen LogP contribution in [0.1, 0.15) is 72.9 Å². The number of anilines is 1. The number of hydrogen-bond acceptors (Lipinski definition) is 11. The van der Waals surface area contributed by atoms with Crippen molar-refractivity contribution in [3.8, 4) is 23.0 Å². The first-order valence-corrected chi connectivity index (χ1v) is 26.7. The number of sulfone groups is 1. The van der Waals surface area contributed by atoms with Gasteiger partial charge in [-0.3, -0.25) is 14.4 Å². The molecule has 2 aromatic carbocycles. The van der Waals surface area contributed by atoms with Gasteiger partial charge in [-0.25, -0.2) is 35.4 Å². The predicted octanol–water partition coefficient (Wildman–Crippen LogP) is 8.52. The van der Waals surface area contributed by atoms with Crippen molar-refractivity contribution < 1.29 is 79.8 Å². The minimum Gasteiger partial charge on any atom is -0.447 e. The van der Waals surface area contributed by atoms with Gasteiger partial charge in [0.1, 0.15) is 41.8 Å². The molecule has 2 atom stereocenters. The lowest BCUT2D eigenvalue weighted by molar-refractivity contribution is -0.142. The lowest BCUT2D eigenvalue weighted by Gasteiger charge is -2.26. The Kier molecular flexibility index (Phi) is 15.8. The van der Waals surface area contributed by atoms with Gasteiger partial charge in [-0.15, -0.1) is 0 Å². The van der Waals surface area contributed by atoms with Gasteiger partial charge in [0.25, 0.3) is 5.92 Å². The maximum atomic E-state index is 15.5. The van der Waals surface area contributed by atoms with Crippen molar-refractivity contribution in [2.75, 3.05) is 56.3 Å². The van der Waals surface area contributed by atoms with E-state index in [1.54, 1.807) is 0 Å². The van der Waals surface area contributed by atoms with Crippen LogP contribution in [-0.4, -0.2) is 116 Å². The van der Waals surface area contributed by atoms with E-state index in [1.165, 1.54) is 19.9 Å². The molecular formula is C47H46ClF10N7O8S2. The van der Waals surface area contributed by atoms with Crippen LogP contribution in [0.2, 0.25) is 5.02 Å². The molecule has 1 saturated heterocycles. The number of carbonyl (C=O) groups excluding carboxylic acids is 2. The zero-order valence-corrected chi connectivity index (χ0v) is 42.7. The Morgan fingerprint density at radius 3 is 2.23 bits per heavy atom. The molecule has 2 aliphatic rings. The summed E-state index contributed by atoms with van der Waals surface area (Å²) in [6.45, 7) is 1.80. The van der Waals surface area contributed by atoms with Crippen LogP contribution < -0.4 is 9.62 Å². The highest BCUT2D eigenvalue weighted by Crippen LogP contribution is 2.53. The van der Waals surface area contributed by atoms with Crippen molar-refractivity contribution in [3.63, 3.8) is 0 Å². The average molecular weight is 1130 g/mol. The molecule has 3 aromatic heterocycles. The van der Waals surface area contributed by atoms with Crippen molar-refractivity contribution in [1.82, 2.24) is 29.5 Å². The van der Waals surface area contributed by atoms with Gasteiger partial charge in [0.2, 0.25) is 15.9 Å². The van der Waals surface area contributed by atoms with Gasteiger partial charge in [0.05, 0.1) is 58.4 Å². The van der Waals surface area contributed by atoms with E-state index in [2.05, 4.69) is 27.2 Å². The molecule has 1 aliphatic heterocycles. The second kappa shape index (κ2) is 20.9. The molecule has 0 saturated carbocycles. The highest BCUT2D eigenvalue weighted by atomic mass is 35.5. The SMILES string of the molecule is C[C@H]1CC(F)(F)c2c1c(C(F)(F)F)cn2CC(=O)N[C@@H](Cc1cc(F)cc(F)c1)c1nc(C#CC(C)(C)S(C)(=O)=O)ccc1-c1ccc(Cl)c2c(N(C(=O)OCCN3CCOCC3)S(C)(=O)=O)nn(CC(F)(F)F)c12. The summed E-state index contributed by atoms with van der Waals surface area (Å²) in [5, 5.41) is 5.39. The van der Waals surface area contributed by atoms with E-state index in [1.807, 2.05) is 4.90 Å². The number of halogens is 11. The zero-order valence-electron chi connectivity index (χ0n) is 40.3. The summed E-state index contributed by atoms with van der Waals surface area (Å²) in [4.78, 5) is 34.4. The molecule has 28 heteroatoms. The van der Waals surface area contributed by atoms with Crippen LogP contribution in [0.5, 0.6) is 0 Å². The van der Waals surface area contributed by atoms with Gasteiger partial charge in [0, 0.05) is 55.7 Å². The summed E-state index contributed by atoms with van der Waals surface area (Å²) in [6, 6.07) is 4.90. The molecule has 75 heavy (non-hydrogen) atoms. The van der Waals surface area contributed by atoms with E-state index in [4.69, 9.17) is 21.1 Å². The van der Waals surface area contributed by atoms with Gasteiger partial charge in [0.15, 0.2) is 15.7 Å². The molecule has 15 nitrogen and oxygen atoms in total. The van der Waals surface area contributed by atoms with Crippen molar-refractivity contribution in [3.05, 3.63) is 99.1 Å². The molecule has 5 aromatic rings. The van der Waals surface area contributed by atoms with Crippen molar-refractivity contribution in [2.45, 2.75) is 81.7 Å². The van der Waals surface area contributed by atoms with Crippen molar-refractivity contribution in [2.24, 2.45) is 0 Å². The van der Waals surface area contributed by atoms with Crippen LogP contribution in [-0.2, 0) is 65.7 Å². The number of hydrogen-bond donors (Lipinski definition) is 1. The predicted molar refractivity (Wildman–Crippen MR) is 253 cm³/mol. The molecule has 0 unspecified atom stereocenters. The number of benzene rings is 2. The third kappa shape index (κ3) is 12.7. The van der Waals surface area contributed by atoms with Crippen LogP contribution in [0.3, 0.4) is 0 Å². The fraction of sp³-hybridized carbons (Fsp3) is 0.447. The van der Waals surface area contributed by atoms with Gasteiger partial charge < -0.3 is 19.4 Å². The van der Waals surface area contributed by atoms with E-state index in [0.717, 1.165) is 43.5 Å². The Labute approximate surface area is 428 Å². The highest BCUT2D eigenvalue weighted by molar-refractivity contribution is 7.93. The molecular weight excluding hydrogens is 1080 g/mol.